The van der Waals surface area contributed by atoms with Gasteiger partial charge in [0, 0.05) is 0 Å². The first-order valence-corrected chi connectivity index (χ1v) is 4.72. The first-order chi connectivity index (χ1) is 6.28. The quantitative estimate of drug-likeness (QED) is 0.735. The van der Waals surface area contributed by atoms with E-state index in [2.05, 4.69) is 0 Å². The minimum absolute atomic E-state index is 0.000625. The molecule has 0 aromatic carbocycles. The third-order valence-corrected chi connectivity index (χ3v) is 3.42. The van der Waals surface area contributed by atoms with Crippen molar-refractivity contribution < 1.29 is 14.7 Å². The van der Waals surface area contributed by atoms with Crippen molar-refractivity contribution in [3.8, 4) is 0 Å². The predicted molar refractivity (Wildman–Crippen MR) is 52.9 cm³/mol. The number of rotatable bonds is 2. The lowest BCUT2D eigenvalue weighted by atomic mass is 9.78. The highest BCUT2D eigenvalue weighted by molar-refractivity contribution is 5.96. The van der Waals surface area contributed by atoms with Crippen LogP contribution in [0.15, 0.2) is 11.1 Å². The second kappa shape index (κ2) is 3.23. The number of carbonyl (C=O) groups excluding carboxylic acids is 1. The molecule has 14 heavy (non-hydrogen) atoms. The fourth-order valence-electron chi connectivity index (χ4n) is 2.07. The maximum Gasteiger partial charge on any atom is 0.307 e. The zero-order valence-corrected chi connectivity index (χ0v) is 9.05. The molecule has 1 aliphatic rings. The Kier molecular flexibility index (Phi) is 2.52. The van der Waals surface area contributed by atoms with Crippen LogP contribution in [-0.4, -0.2) is 16.9 Å². The number of allylic oxidation sites excluding steroid dienone is 2. The number of hydrogen-bond donors (Lipinski definition) is 1. The predicted octanol–water partition coefficient (Wildman–Crippen LogP) is 2.02. The Morgan fingerprint density at radius 1 is 1.43 bits per heavy atom. The molecule has 0 aromatic heterocycles. The van der Waals surface area contributed by atoms with Gasteiger partial charge in [0.05, 0.1) is 5.92 Å². The number of carbonyl (C=O) groups is 2. The molecule has 0 amide bonds. The highest BCUT2D eigenvalue weighted by Crippen LogP contribution is 2.46. The first kappa shape index (κ1) is 11.0. The number of ketones is 1. The smallest absolute Gasteiger partial charge is 0.307 e. The van der Waals surface area contributed by atoms with Crippen LogP contribution in [0.1, 0.15) is 34.1 Å². The summed E-state index contributed by atoms with van der Waals surface area (Å²) in [5, 5.41) is 9.03. The maximum absolute atomic E-state index is 11.3. The maximum atomic E-state index is 11.3. The van der Waals surface area contributed by atoms with Gasteiger partial charge in [-0.25, -0.2) is 0 Å². The number of hydrogen-bond acceptors (Lipinski definition) is 2. The monoisotopic (exact) mass is 196 g/mol. The van der Waals surface area contributed by atoms with Gasteiger partial charge in [0.25, 0.3) is 0 Å². The van der Waals surface area contributed by atoms with Crippen molar-refractivity contribution in [2.75, 3.05) is 0 Å². The Bertz CT molecular complexity index is 323. The van der Waals surface area contributed by atoms with Crippen molar-refractivity contribution in [3.63, 3.8) is 0 Å². The summed E-state index contributed by atoms with van der Waals surface area (Å²) >= 11 is 0. The Balaban J connectivity index is 3.12. The molecule has 78 valence electrons. The minimum atomic E-state index is -0.814. The Morgan fingerprint density at radius 2 is 1.93 bits per heavy atom. The molecule has 3 nitrogen and oxygen atoms in total. The molecule has 1 atom stereocenters. The van der Waals surface area contributed by atoms with Crippen LogP contribution in [-0.2, 0) is 9.59 Å². The zero-order chi connectivity index (χ0) is 11.1. The molecule has 0 bridgehead atoms. The number of Topliss-reactive ketones (excluding diaryl/α,β-unsaturated/α-hetero) is 1. The number of carboxylic acids is 1. The molecule has 0 aliphatic heterocycles. The molecule has 3 heteroatoms. The normalized spacial score (nSPS) is 25.3. The van der Waals surface area contributed by atoms with Crippen molar-refractivity contribution in [1.82, 2.24) is 0 Å². The van der Waals surface area contributed by atoms with Crippen molar-refractivity contribution in [3.05, 3.63) is 11.1 Å². The van der Waals surface area contributed by atoms with Crippen molar-refractivity contribution in [2.45, 2.75) is 34.1 Å². The van der Waals surface area contributed by atoms with Crippen LogP contribution < -0.4 is 0 Å². The third-order valence-electron chi connectivity index (χ3n) is 3.42. The van der Waals surface area contributed by atoms with E-state index in [1.54, 1.807) is 0 Å². The molecular weight excluding hydrogens is 180 g/mol. The summed E-state index contributed by atoms with van der Waals surface area (Å²) in [6, 6.07) is 0. The van der Waals surface area contributed by atoms with Gasteiger partial charge in [0.2, 0.25) is 0 Å². The third kappa shape index (κ3) is 1.47. The van der Waals surface area contributed by atoms with Crippen LogP contribution in [0.25, 0.3) is 0 Å². The van der Waals surface area contributed by atoms with E-state index in [4.69, 9.17) is 5.11 Å². The van der Waals surface area contributed by atoms with E-state index >= 15 is 0 Å². The molecule has 0 unspecified atom stereocenters. The van der Waals surface area contributed by atoms with E-state index in [0.29, 0.717) is 12.0 Å². The van der Waals surface area contributed by atoms with Gasteiger partial charge >= 0.3 is 5.97 Å². The van der Waals surface area contributed by atoms with Gasteiger partial charge in [-0.3, -0.25) is 9.59 Å². The van der Waals surface area contributed by atoms with Gasteiger partial charge in [-0.05, 0) is 31.3 Å². The molecule has 0 saturated heterocycles. The summed E-state index contributed by atoms with van der Waals surface area (Å²) in [6.07, 6.45) is 0.378. The number of aliphatic carboxylic acids is 1. The molecule has 1 rings (SSSR count). The lowest BCUT2D eigenvalue weighted by molar-refractivity contribution is -0.144. The Hall–Kier alpha value is -1.12. The van der Waals surface area contributed by atoms with E-state index in [1.807, 2.05) is 20.8 Å². The number of carboxylic acid groups (broad SMARTS) is 1. The molecule has 0 saturated carbocycles. The molecule has 0 radical (unpaired) electrons. The van der Waals surface area contributed by atoms with Gasteiger partial charge in [-0.15, -0.1) is 0 Å². The van der Waals surface area contributed by atoms with Crippen molar-refractivity contribution >= 4 is 11.8 Å². The van der Waals surface area contributed by atoms with E-state index < -0.39 is 17.3 Å². The van der Waals surface area contributed by atoms with Crippen LogP contribution in [0.5, 0.6) is 0 Å². The summed E-state index contributed by atoms with van der Waals surface area (Å²) in [5.74, 6) is -1.27. The van der Waals surface area contributed by atoms with E-state index in [9.17, 15) is 9.59 Å². The highest BCUT2D eigenvalue weighted by atomic mass is 16.4. The van der Waals surface area contributed by atoms with Crippen molar-refractivity contribution in [2.24, 2.45) is 11.3 Å². The molecule has 1 N–H and O–H groups in total. The summed E-state index contributed by atoms with van der Waals surface area (Å²) < 4.78 is 0. The average molecular weight is 196 g/mol. The van der Waals surface area contributed by atoms with Gasteiger partial charge in [0.15, 0.2) is 5.78 Å². The topological polar surface area (TPSA) is 54.4 Å². The van der Waals surface area contributed by atoms with Crippen LogP contribution in [0.2, 0.25) is 0 Å². The molecule has 0 fully saturated rings. The summed E-state index contributed by atoms with van der Waals surface area (Å²) in [4.78, 5) is 22.3. The van der Waals surface area contributed by atoms with Crippen LogP contribution >= 0.6 is 0 Å². The second-order valence-corrected chi connectivity index (χ2v) is 4.48. The first-order valence-electron chi connectivity index (χ1n) is 4.72. The summed E-state index contributed by atoms with van der Waals surface area (Å²) in [7, 11) is 0. The van der Waals surface area contributed by atoms with E-state index in [-0.39, 0.29) is 5.78 Å². The lowest BCUT2D eigenvalue weighted by Crippen LogP contribution is -2.27. The summed E-state index contributed by atoms with van der Waals surface area (Å²) in [5.41, 5.74) is 1.23. The molecule has 0 aromatic rings. The van der Waals surface area contributed by atoms with E-state index in [1.165, 1.54) is 6.92 Å². The van der Waals surface area contributed by atoms with Gasteiger partial charge in [-0.1, -0.05) is 19.4 Å². The molecule has 0 heterocycles. The minimum Gasteiger partial charge on any atom is -0.481 e. The Morgan fingerprint density at radius 3 is 2.14 bits per heavy atom. The fraction of sp³-hybridized carbons (Fsp3) is 0.636. The molecule has 1 aliphatic carbocycles. The standard InChI is InChI=1S/C11H16O3/c1-6-8(7(2)12)5-9(10(13)14)11(6,3)4/h9H,5H2,1-4H3,(H,13,14)/t9-/m0/s1. The van der Waals surface area contributed by atoms with E-state index in [0.717, 1.165) is 5.57 Å². The van der Waals surface area contributed by atoms with Crippen LogP contribution in [0, 0.1) is 11.3 Å². The SMILES string of the molecule is CC(=O)C1=C(C)C(C)(C)[C@H](C(=O)O)C1. The Labute approximate surface area is 83.8 Å². The fourth-order valence-corrected chi connectivity index (χ4v) is 2.07. The molecular formula is C11H16O3. The molecule has 0 spiro atoms. The lowest BCUT2D eigenvalue weighted by Gasteiger charge is -2.25. The second-order valence-electron chi connectivity index (χ2n) is 4.48. The largest absolute Gasteiger partial charge is 0.481 e. The van der Waals surface area contributed by atoms with Gasteiger partial charge < -0.3 is 5.11 Å². The summed E-state index contributed by atoms with van der Waals surface area (Å²) in [6.45, 7) is 7.13. The zero-order valence-electron chi connectivity index (χ0n) is 9.05. The van der Waals surface area contributed by atoms with Crippen LogP contribution in [0.4, 0.5) is 0 Å². The van der Waals surface area contributed by atoms with Crippen LogP contribution in [0.3, 0.4) is 0 Å². The van der Waals surface area contributed by atoms with Gasteiger partial charge in [-0.2, -0.15) is 0 Å². The van der Waals surface area contributed by atoms with Gasteiger partial charge in [0.1, 0.15) is 0 Å². The average Bonchev–Trinajstić information content (AvgIpc) is 2.24. The highest BCUT2D eigenvalue weighted by Gasteiger charge is 2.44. The van der Waals surface area contributed by atoms with Crippen molar-refractivity contribution in [1.29, 1.82) is 0 Å².